The van der Waals surface area contributed by atoms with Crippen molar-refractivity contribution in [2.24, 2.45) is 0 Å². The lowest BCUT2D eigenvalue weighted by atomic mass is 10.3. The summed E-state index contributed by atoms with van der Waals surface area (Å²) in [4.78, 5) is 19.4. The molecule has 0 aliphatic rings. The molecule has 0 aliphatic carbocycles. The molecule has 2 rings (SSSR count). The number of aromatic nitrogens is 3. The van der Waals surface area contributed by atoms with Crippen LogP contribution in [-0.4, -0.2) is 40.3 Å². The number of carboxylic acids is 1. The van der Waals surface area contributed by atoms with Crippen molar-refractivity contribution >= 4 is 36.8 Å². The number of carbonyl (C=O) groups is 1. The van der Waals surface area contributed by atoms with Gasteiger partial charge >= 0.3 is 5.97 Å². The van der Waals surface area contributed by atoms with E-state index in [1.807, 2.05) is 0 Å². The van der Waals surface area contributed by atoms with Crippen molar-refractivity contribution in [3.05, 3.63) is 23.1 Å². The number of hydrogen-bond donors (Lipinski definition) is 1. The molecular formula is C13H18ClN3O3Si. The summed E-state index contributed by atoms with van der Waals surface area (Å²) in [6.45, 7) is 7.73. The third-order valence-electron chi connectivity index (χ3n) is 2.99. The SMILES string of the molecule is C[Si](C)(C)CCOCn1cc(C(=O)O)c2nc(Cl)cnc21. The van der Waals surface area contributed by atoms with Crippen LogP contribution in [0.2, 0.25) is 30.8 Å². The van der Waals surface area contributed by atoms with Gasteiger partial charge in [0, 0.05) is 20.9 Å². The van der Waals surface area contributed by atoms with Crippen LogP contribution in [0, 0.1) is 0 Å². The van der Waals surface area contributed by atoms with Gasteiger partial charge in [-0.2, -0.15) is 0 Å². The van der Waals surface area contributed by atoms with Gasteiger partial charge in [0.1, 0.15) is 23.0 Å². The summed E-state index contributed by atoms with van der Waals surface area (Å²) < 4.78 is 7.28. The predicted molar refractivity (Wildman–Crippen MR) is 83.6 cm³/mol. The van der Waals surface area contributed by atoms with Crippen LogP contribution < -0.4 is 0 Å². The van der Waals surface area contributed by atoms with Gasteiger partial charge in [0.05, 0.1) is 6.20 Å². The zero-order chi connectivity index (χ0) is 15.6. The molecule has 21 heavy (non-hydrogen) atoms. The fourth-order valence-electron chi connectivity index (χ4n) is 1.83. The van der Waals surface area contributed by atoms with Gasteiger partial charge in [0.2, 0.25) is 0 Å². The summed E-state index contributed by atoms with van der Waals surface area (Å²) in [5.41, 5.74) is 0.822. The van der Waals surface area contributed by atoms with Gasteiger partial charge in [0.25, 0.3) is 0 Å². The molecule has 0 atom stereocenters. The molecule has 0 fully saturated rings. The number of nitrogens with zero attached hydrogens (tertiary/aromatic N) is 3. The van der Waals surface area contributed by atoms with Crippen molar-refractivity contribution in [3.8, 4) is 0 Å². The Bertz CT molecular complexity index is 666. The minimum absolute atomic E-state index is 0.0776. The lowest BCUT2D eigenvalue weighted by Crippen LogP contribution is -2.22. The Balaban J connectivity index is 2.18. The minimum atomic E-state index is -1.14. The molecule has 0 spiro atoms. The highest BCUT2D eigenvalue weighted by Crippen LogP contribution is 2.20. The van der Waals surface area contributed by atoms with Gasteiger partial charge in [-0.25, -0.2) is 14.8 Å². The van der Waals surface area contributed by atoms with Crippen LogP contribution in [0.3, 0.4) is 0 Å². The Morgan fingerprint density at radius 3 is 2.81 bits per heavy atom. The zero-order valence-electron chi connectivity index (χ0n) is 12.3. The van der Waals surface area contributed by atoms with Gasteiger partial charge in [-0.1, -0.05) is 31.2 Å². The fraction of sp³-hybridized carbons (Fsp3) is 0.462. The third-order valence-corrected chi connectivity index (χ3v) is 4.88. The molecule has 0 amide bonds. The number of rotatable bonds is 6. The standard InChI is InChI=1S/C13H18ClN3O3Si/c1-21(2,3)5-4-20-8-17-7-9(13(18)19)11-12(17)15-6-10(14)16-11/h6-7H,4-5,8H2,1-3H3,(H,18,19). The summed E-state index contributed by atoms with van der Waals surface area (Å²) in [6.07, 6.45) is 2.88. The van der Waals surface area contributed by atoms with Gasteiger partial charge in [-0.05, 0) is 6.04 Å². The van der Waals surface area contributed by atoms with Crippen LogP contribution in [0.5, 0.6) is 0 Å². The largest absolute Gasteiger partial charge is 0.478 e. The highest BCUT2D eigenvalue weighted by Gasteiger charge is 2.17. The van der Waals surface area contributed by atoms with E-state index in [9.17, 15) is 9.90 Å². The first kappa shape index (κ1) is 15.9. The van der Waals surface area contributed by atoms with E-state index in [0.29, 0.717) is 12.3 Å². The Labute approximate surface area is 128 Å². The maximum Gasteiger partial charge on any atom is 0.339 e. The molecule has 0 radical (unpaired) electrons. The molecule has 8 heteroatoms. The molecule has 2 aromatic heterocycles. The monoisotopic (exact) mass is 327 g/mol. The lowest BCUT2D eigenvalue weighted by Gasteiger charge is -2.15. The zero-order valence-corrected chi connectivity index (χ0v) is 14.0. The molecule has 0 bridgehead atoms. The molecule has 6 nitrogen and oxygen atoms in total. The molecule has 0 saturated heterocycles. The molecule has 0 aliphatic heterocycles. The van der Waals surface area contributed by atoms with E-state index >= 15 is 0 Å². The van der Waals surface area contributed by atoms with Gasteiger partial charge in [0.15, 0.2) is 5.65 Å². The molecule has 0 unspecified atom stereocenters. The van der Waals surface area contributed by atoms with Crippen molar-refractivity contribution < 1.29 is 14.6 Å². The quantitative estimate of drug-likeness (QED) is 0.651. The molecule has 114 valence electrons. The molecule has 1 N–H and O–H groups in total. The molecule has 0 aromatic carbocycles. The second-order valence-corrected chi connectivity index (χ2v) is 12.0. The van der Waals surface area contributed by atoms with Gasteiger partial charge in [-0.15, -0.1) is 0 Å². The van der Waals surface area contributed by atoms with E-state index < -0.39 is 14.0 Å². The summed E-state index contributed by atoms with van der Waals surface area (Å²) in [5, 5.41) is 9.37. The first-order chi connectivity index (χ1) is 9.78. The number of hydrogen-bond acceptors (Lipinski definition) is 4. The maximum atomic E-state index is 11.2. The Kier molecular flexibility index (Phi) is 4.65. The molecule has 2 heterocycles. The highest BCUT2D eigenvalue weighted by molar-refractivity contribution is 6.76. The van der Waals surface area contributed by atoms with Crippen LogP contribution in [0.1, 0.15) is 10.4 Å². The van der Waals surface area contributed by atoms with Crippen LogP contribution in [0.4, 0.5) is 0 Å². The minimum Gasteiger partial charge on any atom is -0.478 e. The Morgan fingerprint density at radius 1 is 1.48 bits per heavy atom. The fourth-order valence-corrected chi connectivity index (χ4v) is 2.72. The van der Waals surface area contributed by atoms with Crippen LogP contribution in [0.25, 0.3) is 11.2 Å². The number of halogens is 1. The summed E-state index contributed by atoms with van der Waals surface area (Å²) in [6, 6.07) is 1.05. The van der Waals surface area contributed by atoms with Crippen LogP contribution in [-0.2, 0) is 11.5 Å². The lowest BCUT2D eigenvalue weighted by molar-refractivity contribution is 0.0696. The van der Waals surface area contributed by atoms with Crippen LogP contribution in [0.15, 0.2) is 12.4 Å². The smallest absolute Gasteiger partial charge is 0.339 e. The second kappa shape index (κ2) is 6.13. The van der Waals surface area contributed by atoms with Crippen molar-refractivity contribution in [1.82, 2.24) is 14.5 Å². The number of fused-ring (bicyclic) bond motifs is 1. The molecule has 0 saturated carbocycles. The van der Waals surface area contributed by atoms with E-state index in [0.717, 1.165) is 6.04 Å². The highest BCUT2D eigenvalue weighted by atomic mass is 35.5. The third kappa shape index (κ3) is 4.02. The summed E-state index contributed by atoms with van der Waals surface area (Å²) in [7, 11) is -1.14. The normalized spacial score (nSPS) is 12.0. The van der Waals surface area contributed by atoms with Crippen molar-refractivity contribution in [3.63, 3.8) is 0 Å². The predicted octanol–water partition coefficient (Wildman–Crippen LogP) is 3.10. The van der Waals surface area contributed by atoms with E-state index in [1.165, 1.54) is 12.4 Å². The summed E-state index contributed by atoms with van der Waals surface area (Å²) in [5.74, 6) is -1.06. The van der Waals surface area contributed by atoms with Crippen molar-refractivity contribution in [2.75, 3.05) is 6.61 Å². The van der Waals surface area contributed by atoms with E-state index in [-0.39, 0.29) is 23.0 Å². The average molecular weight is 328 g/mol. The Hall–Kier alpha value is -1.44. The second-order valence-electron chi connectivity index (χ2n) is 6.03. The first-order valence-corrected chi connectivity index (χ1v) is 10.7. The van der Waals surface area contributed by atoms with E-state index in [2.05, 4.69) is 29.6 Å². The topological polar surface area (TPSA) is 77.2 Å². The number of carboxylic acid groups (broad SMARTS) is 1. The van der Waals surface area contributed by atoms with E-state index in [4.69, 9.17) is 16.3 Å². The molecular weight excluding hydrogens is 310 g/mol. The average Bonchev–Trinajstić information content (AvgIpc) is 2.71. The van der Waals surface area contributed by atoms with Crippen molar-refractivity contribution in [1.29, 1.82) is 0 Å². The summed E-state index contributed by atoms with van der Waals surface area (Å²) >= 11 is 5.78. The Morgan fingerprint density at radius 2 is 2.19 bits per heavy atom. The van der Waals surface area contributed by atoms with E-state index in [1.54, 1.807) is 4.57 Å². The first-order valence-electron chi connectivity index (χ1n) is 6.60. The van der Waals surface area contributed by atoms with Gasteiger partial charge in [-0.3, -0.25) is 0 Å². The maximum absolute atomic E-state index is 11.2. The van der Waals surface area contributed by atoms with Crippen molar-refractivity contribution in [2.45, 2.75) is 32.4 Å². The number of ether oxygens (including phenoxy) is 1. The molecule has 2 aromatic rings. The number of aromatic carboxylic acids is 1. The van der Waals surface area contributed by atoms with Gasteiger partial charge < -0.3 is 14.4 Å². The van der Waals surface area contributed by atoms with Crippen LogP contribution >= 0.6 is 11.6 Å².